The van der Waals surface area contributed by atoms with Gasteiger partial charge in [0.25, 0.3) is 0 Å². The van der Waals surface area contributed by atoms with Gasteiger partial charge in [0, 0.05) is 5.92 Å². The summed E-state index contributed by atoms with van der Waals surface area (Å²) in [5.74, 6) is 1.35. The first-order valence-corrected chi connectivity index (χ1v) is 9.06. The average Bonchev–Trinajstić information content (AvgIpc) is 2.68. The summed E-state index contributed by atoms with van der Waals surface area (Å²) in [7, 11) is 3.31. The van der Waals surface area contributed by atoms with Gasteiger partial charge in [-0.25, -0.2) is 0 Å². The lowest BCUT2D eigenvalue weighted by Gasteiger charge is -2.25. The Bertz CT molecular complexity index is 676. The fraction of sp³-hybridized carbons (Fsp3) is 0.409. The maximum Gasteiger partial charge on any atom is 0.309 e. The van der Waals surface area contributed by atoms with Crippen LogP contribution in [-0.4, -0.2) is 26.8 Å². The molecule has 4 nitrogen and oxygen atoms in total. The fourth-order valence-electron chi connectivity index (χ4n) is 3.22. The Morgan fingerprint density at radius 1 is 0.885 bits per heavy atom. The molecule has 0 aromatic heterocycles. The van der Waals surface area contributed by atoms with Crippen LogP contribution in [0.5, 0.6) is 11.5 Å². The van der Waals surface area contributed by atoms with E-state index in [9.17, 15) is 4.79 Å². The van der Waals surface area contributed by atoms with Crippen molar-refractivity contribution in [2.24, 2.45) is 5.92 Å². The fourth-order valence-corrected chi connectivity index (χ4v) is 3.22. The van der Waals surface area contributed by atoms with Crippen LogP contribution >= 0.6 is 0 Å². The monoisotopic (exact) mass is 356 g/mol. The Hall–Kier alpha value is -2.49. The van der Waals surface area contributed by atoms with Crippen molar-refractivity contribution in [3.63, 3.8) is 0 Å². The Morgan fingerprint density at radius 3 is 1.88 bits per heavy atom. The van der Waals surface area contributed by atoms with Gasteiger partial charge in [0.2, 0.25) is 0 Å². The quantitative estimate of drug-likeness (QED) is 0.615. The number of hydrogen-bond donors (Lipinski definition) is 0. The SMILES string of the molecule is CCOC(=O)C(CC)C(Cc1ccc(OC)cc1)c1ccc(OC)cc1. The normalized spacial score (nSPS) is 12.9. The molecule has 0 aliphatic rings. The van der Waals surface area contributed by atoms with E-state index < -0.39 is 0 Å². The lowest BCUT2D eigenvalue weighted by Crippen LogP contribution is -2.25. The lowest BCUT2D eigenvalue weighted by molar-refractivity contribution is -0.149. The van der Waals surface area contributed by atoms with Crippen LogP contribution < -0.4 is 9.47 Å². The number of hydrogen-bond acceptors (Lipinski definition) is 4. The zero-order valence-electron chi connectivity index (χ0n) is 16.0. The molecule has 0 aliphatic carbocycles. The zero-order chi connectivity index (χ0) is 18.9. The summed E-state index contributed by atoms with van der Waals surface area (Å²) < 4.78 is 15.8. The second-order valence-corrected chi connectivity index (χ2v) is 6.20. The number of carbonyl (C=O) groups excluding carboxylic acids is 1. The molecule has 2 atom stereocenters. The predicted octanol–water partition coefficient (Wildman–Crippen LogP) is 4.62. The van der Waals surface area contributed by atoms with Gasteiger partial charge in [-0.3, -0.25) is 4.79 Å². The summed E-state index contributed by atoms with van der Waals surface area (Å²) >= 11 is 0. The molecule has 2 aromatic rings. The van der Waals surface area contributed by atoms with Gasteiger partial charge < -0.3 is 14.2 Å². The molecular weight excluding hydrogens is 328 g/mol. The van der Waals surface area contributed by atoms with Crippen molar-refractivity contribution in [2.75, 3.05) is 20.8 Å². The van der Waals surface area contributed by atoms with Crippen molar-refractivity contribution in [1.82, 2.24) is 0 Å². The molecule has 140 valence electrons. The van der Waals surface area contributed by atoms with Gasteiger partial charge >= 0.3 is 5.97 Å². The topological polar surface area (TPSA) is 44.8 Å². The third-order valence-corrected chi connectivity index (χ3v) is 4.67. The Labute approximate surface area is 156 Å². The molecule has 0 saturated heterocycles. The van der Waals surface area contributed by atoms with E-state index in [4.69, 9.17) is 14.2 Å². The molecule has 0 bridgehead atoms. The summed E-state index contributed by atoms with van der Waals surface area (Å²) in [6.07, 6.45) is 1.49. The van der Waals surface area contributed by atoms with Gasteiger partial charge in [-0.05, 0) is 55.2 Å². The molecule has 0 N–H and O–H groups in total. The van der Waals surface area contributed by atoms with E-state index in [1.807, 2.05) is 62.4 Å². The van der Waals surface area contributed by atoms with Gasteiger partial charge in [0.1, 0.15) is 11.5 Å². The highest BCUT2D eigenvalue weighted by molar-refractivity contribution is 5.73. The Balaban J connectivity index is 2.33. The number of esters is 1. The van der Waals surface area contributed by atoms with E-state index in [1.165, 1.54) is 0 Å². The molecule has 0 amide bonds. The van der Waals surface area contributed by atoms with Gasteiger partial charge in [0.15, 0.2) is 0 Å². The van der Waals surface area contributed by atoms with Crippen LogP contribution in [0.1, 0.15) is 37.3 Å². The zero-order valence-corrected chi connectivity index (χ0v) is 16.0. The molecule has 0 aliphatic heterocycles. The van der Waals surface area contributed by atoms with Crippen molar-refractivity contribution in [3.8, 4) is 11.5 Å². The van der Waals surface area contributed by atoms with E-state index in [-0.39, 0.29) is 17.8 Å². The highest BCUT2D eigenvalue weighted by Crippen LogP contribution is 2.33. The molecule has 0 fully saturated rings. The Kier molecular flexibility index (Phi) is 7.52. The highest BCUT2D eigenvalue weighted by atomic mass is 16.5. The number of benzene rings is 2. The van der Waals surface area contributed by atoms with Crippen LogP contribution in [0, 0.1) is 5.92 Å². The second-order valence-electron chi connectivity index (χ2n) is 6.20. The molecule has 0 radical (unpaired) electrons. The van der Waals surface area contributed by atoms with Crippen LogP contribution in [-0.2, 0) is 16.0 Å². The Morgan fingerprint density at radius 2 is 1.42 bits per heavy atom. The molecular formula is C22H28O4. The molecule has 2 rings (SSSR count). The first-order chi connectivity index (χ1) is 12.6. The minimum Gasteiger partial charge on any atom is -0.497 e. The highest BCUT2D eigenvalue weighted by Gasteiger charge is 2.29. The van der Waals surface area contributed by atoms with Crippen molar-refractivity contribution in [2.45, 2.75) is 32.6 Å². The number of methoxy groups -OCH3 is 2. The van der Waals surface area contributed by atoms with Crippen LogP contribution in [0.4, 0.5) is 0 Å². The van der Waals surface area contributed by atoms with Crippen LogP contribution in [0.3, 0.4) is 0 Å². The van der Waals surface area contributed by atoms with Gasteiger partial charge in [-0.15, -0.1) is 0 Å². The molecule has 26 heavy (non-hydrogen) atoms. The van der Waals surface area contributed by atoms with Crippen molar-refractivity contribution < 1.29 is 19.0 Å². The van der Waals surface area contributed by atoms with Crippen LogP contribution in [0.15, 0.2) is 48.5 Å². The number of rotatable bonds is 9. The lowest BCUT2D eigenvalue weighted by atomic mass is 9.80. The van der Waals surface area contributed by atoms with Gasteiger partial charge in [0.05, 0.1) is 26.7 Å². The first kappa shape index (κ1) is 19.8. The second kappa shape index (κ2) is 9.85. The van der Waals surface area contributed by atoms with Crippen molar-refractivity contribution in [3.05, 3.63) is 59.7 Å². The smallest absolute Gasteiger partial charge is 0.309 e. The van der Waals surface area contributed by atoms with Crippen molar-refractivity contribution in [1.29, 1.82) is 0 Å². The average molecular weight is 356 g/mol. The van der Waals surface area contributed by atoms with E-state index in [2.05, 4.69) is 0 Å². The molecule has 4 heteroatoms. The molecule has 2 unspecified atom stereocenters. The molecule has 0 spiro atoms. The molecule has 2 aromatic carbocycles. The minimum absolute atomic E-state index is 0.0401. The van der Waals surface area contributed by atoms with E-state index in [0.717, 1.165) is 35.5 Å². The number of carbonyl (C=O) groups is 1. The van der Waals surface area contributed by atoms with Gasteiger partial charge in [-0.2, -0.15) is 0 Å². The predicted molar refractivity (Wildman–Crippen MR) is 103 cm³/mol. The van der Waals surface area contributed by atoms with E-state index in [1.54, 1.807) is 14.2 Å². The van der Waals surface area contributed by atoms with Gasteiger partial charge in [-0.1, -0.05) is 31.2 Å². The van der Waals surface area contributed by atoms with E-state index >= 15 is 0 Å². The summed E-state index contributed by atoms with van der Waals surface area (Å²) in [6.45, 7) is 4.27. The molecule has 0 saturated carbocycles. The van der Waals surface area contributed by atoms with Crippen LogP contribution in [0.2, 0.25) is 0 Å². The number of ether oxygens (including phenoxy) is 3. The van der Waals surface area contributed by atoms with Crippen LogP contribution in [0.25, 0.3) is 0 Å². The van der Waals surface area contributed by atoms with E-state index in [0.29, 0.717) is 6.61 Å². The first-order valence-electron chi connectivity index (χ1n) is 9.06. The maximum atomic E-state index is 12.5. The maximum absolute atomic E-state index is 12.5. The summed E-state index contributed by atoms with van der Waals surface area (Å²) in [5, 5.41) is 0. The summed E-state index contributed by atoms with van der Waals surface area (Å²) in [5.41, 5.74) is 2.27. The summed E-state index contributed by atoms with van der Waals surface area (Å²) in [4.78, 5) is 12.5. The van der Waals surface area contributed by atoms with Crippen molar-refractivity contribution >= 4 is 5.97 Å². The molecule has 0 heterocycles. The third kappa shape index (κ3) is 5.01. The minimum atomic E-state index is -0.189. The summed E-state index contributed by atoms with van der Waals surface area (Å²) in [6, 6.07) is 15.9. The standard InChI is InChI=1S/C22H28O4/c1-5-20(22(23)26-6-2)21(17-9-13-19(25-4)14-10-17)15-16-7-11-18(24-3)12-8-16/h7-14,20-21H,5-6,15H2,1-4H3. The third-order valence-electron chi connectivity index (χ3n) is 4.67. The largest absolute Gasteiger partial charge is 0.497 e.